The zero-order valence-electron chi connectivity index (χ0n) is 39.1. The fraction of sp³-hybridized carbons (Fsp3) is 0.698. The molecule has 7 amide bonds. The van der Waals surface area contributed by atoms with Crippen molar-refractivity contribution >= 4 is 42.1 Å². The number of amides is 7. The molecule has 1 aromatic carbocycles. The summed E-state index contributed by atoms with van der Waals surface area (Å²) >= 11 is 0. The Morgan fingerprint density at radius 2 is 0.844 bits per heavy atom. The Labute approximate surface area is 377 Å². The molecule has 0 saturated carbocycles. The minimum absolute atomic E-state index is 0.0410. The zero-order valence-corrected chi connectivity index (χ0v) is 39.1. The molecule has 0 bridgehead atoms. The van der Waals surface area contributed by atoms with Crippen molar-refractivity contribution in [2.75, 3.05) is 72.5 Å². The number of rotatable bonds is 28. The molecule has 21 heteroatoms. The molecule has 0 unspecified atom stereocenters. The number of ether oxygens (including phenoxy) is 7. The summed E-state index contributed by atoms with van der Waals surface area (Å²) in [6.45, 7) is 15.6. The van der Waals surface area contributed by atoms with E-state index in [0.29, 0.717) is 25.9 Å². The highest BCUT2D eigenvalue weighted by Gasteiger charge is 2.35. The lowest BCUT2D eigenvalue weighted by atomic mass is 10.0. The molecule has 0 radical (unpaired) electrons. The molecular weight excluding hydrogens is 839 g/mol. The topological polar surface area (TPSA) is 268 Å². The van der Waals surface area contributed by atoms with E-state index >= 15 is 0 Å². The Morgan fingerprint density at radius 1 is 0.469 bits per heavy atom. The fourth-order valence-corrected chi connectivity index (χ4v) is 4.94. The Balaban J connectivity index is 2.91. The van der Waals surface area contributed by atoms with Crippen molar-refractivity contribution in [3.05, 3.63) is 35.9 Å². The van der Waals surface area contributed by atoms with E-state index in [9.17, 15) is 33.6 Å². The highest BCUT2D eigenvalue weighted by Crippen LogP contribution is 2.13. The number of carbonyl (C=O) groups is 7. The molecule has 0 saturated heterocycles. The van der Waals surface area contributed by atoms with E-state index in [1.807, 2.05) is 6.07 Å². The standard InChI is InChI=1S/C43H73N7O14/c1-40(2,3)62-36(54)46-22-13-20-44-33(51)17-24-58-28-43(50-39(57)61-27-32-15-11-10-12-16-32,30-60-26-19-35(53)48-31-49-38(56)64-42(7,8)9)29-59-25-18-34(52)45-21-14-23-47-37(55)63-41(4,5)6/h10-12,15-16H,13-14,17-31H2,1-9H3,(H,44,51)(H,45,52)(H,46,54)(H,47,55)(H,48,53)(H,49,56)(H,50,57). The van der Waals surface area contributed by atoms with Gasteiger partial charge in [-0.15, -0.1) is 0 Å². The fourth-order valence-electron chi connectivity index (χ4n) is 4.94. The zero-order chi connectivity index (χ0) is 48.1. The van der Waals surface area contributed by atoms with Crippen LogP contribution >= 0.6 is 0 Å². The van der Waals surface area contributed by atoms with Crippen LogP contribution in [0.4, 0.5) is 19.2 Å². The van der Waals surface area contributed by atoms with Crippen molar-refractivity contribution in [1.82, 2.24) is 37.2 Å². The van der Waals surface area contributed by atoms with Gasteiger partial charge in [0.1, 0.15) is 28.9 Å². The number of alkyl carbamates (subject to hydrolysis) is 4. The first kappa shape index (κ1) is 56.6. The maximum Gasteiger partial charge on any atom is 0.409 e. The van der Waals surface area contributed by atoms with Crippen LogP contribution in [0.25, 0.3) is 0 Å². The maximum absolute atomic E-state index is 13.3. The number of carbonyl (C=O) groups excluding carboxylic acids is 7. The molecule has 64 heavy (non-hydrogen) atoms. The van der Waals surface area contributed by atoms with Crippen molar-refractivity contribution in [2.45, 2.75) is 123 Å². The molecule has 0 spiro atoms. The van der Waals surface area contributed by atoms with Crippen LogP contribution in [-0.4, -0.2) is 137 Å². The first-order chi connectivity index (χ1) is 30.0. The number of hydrogen-bond donors (Lipinski definition) is 7. The van der Waals surface area contributed by atoms with Crippen LogP contribution in [0.15, 0.2) is 30.3 Å². The lowest BCUT2D eigenvalue weighted by Gasteiger charge is -2.33. The van der Waals surface area contributed by atoms with Gasteiger partial charge in [0.2, 0.25) is 17.7 Å². The van der Waals surface area contributed by atoms with Gasteiger partial charge in [0.15, 0.2) is 0 Å². The summed E-state index contributed by atoms with van der Waals surface area (Å²) in [6.07, 6.45) is -1.92. The molecular formula is C43H73N7O14. The molecule has 1 rings (SSSR count). The van der Waals surface area contributed by atoms with Gasteiger partial charge in [-0.05, 0) is 80.7 Å². The van der Waals surface area contributed by atoms with Crippen molar-refractivity contribution in [3.63, 3.8) is 0 Å². The molecule has 0 aliphatic carbocycles. The van der Waals surface area contributed by atoms with E-state index in [0.717, 1.165) is 5.56 Å². The summed E-state index contributed by atoms with van der Waals surface area (Å²) in [4.78, 5) is 86.6. The van der Waals surface area contributed by atoms with E-state index in [1.54, 1.807) is 86.6 Å². The average Bonchev–Trinajstić information content (AvgIpc) is 3.17. The summed E-state index contributed by atoms with van der Waals surface area (Å²) in [5.41, 5.74) is -2.67. The Kier molecular flexibility index (Phi) is 26.4. The molecule has 0 heterocycles. The molecule has 1 aromatic rings. The minimum Gasteiger partial charge on any atom is -0.445 e. The Bertz CT molecular complexity index is 1520. The molecule has 0 aliphatic rings. The van der Waals surface area contributed by atoms with Crippen LogP contribution in [-0.2, 0) is 54.1 Å². The largest absolute Gasteiger partial charge is 0.445 e. The first-order valence-corrected chi connectivity index (χ1v) is 21.4. The third-order valence-electron chi connectivity index (χ3n) is 7.74. The van der Waals surface area contributed by atoms with Gasteiger partial charge >= 0.3 is 24.4 Å². The van der Waals surface area contributed by atoms with Crippen LogP contribution < -0.4 is 37.2 Å². The second kappa shape index (κ2) is 29.9. The first-order valence-electron chi connectivity index (χ1n) is 21.4. The molecule has 0 atom stereocenters. The van der Waals surface area contributed by atoms with Crippen LogP contribution in [0.1, 0.15) is 100.0 Å². The minimum atomic E-state index is -1.43. The molecule has 7 N–H and O–H groups in total. The van der Waals surface area contributed by atoms with Crippen molar-refractivity contribution < 1.29 is 66.7 Å². The van der Waals surface area contributed by atoms with Crippen LogP contribution in [0.2, 0.25) is 0 Å². The van der Waals surface area contributed by atoms with Gasteiger partial charge in [0.25, 0.3) is 0 Å². The van der Waals surface area contributed by atoms with Crippen molar-refractivity contribution in [3.8, 4) is 0 Å². The van der Waals surface area contributed by atoms with E-state index in [1.165, 1.54) is 0 Å². The third kappa shape index (κ3) is 32.3. The lowest BCUT2D eigenvalue weighted by molar-refractivity contribution is -0.122. The molecule has 21 nitrogen and oxygen atoms in total. The Morgan fingerprint density at radius 3 is 1.25 bits per heavy atom. The van der Waals surface area contributed by atoms with E-state index in [4.69, 9.17) is 33.2 Å². The molecule has 0 aromatic heterocycles. The van der Waals surface area contributed by atoms with Gasteiger partial charge in [-0.1, -0.05) is 30.3 Å². The number of hydrogen-bond acceptors (Lipinski definition) is 14. The monoisotopic (exact) mass is 912 g/mol. The predicted molar refractivity (Wildman–Crippen MR) is 235 cm³/mol. The average molecular weight is 912 g/mol. The van der Waals surface area contributed by atoms with Gasteiger partial charge in [-0.3, -0.25) is 14.4 Å². The van der Waals surface area contributed by atoms with Crippen molar-refractivity contribution in [1.29, 1.82) is 0 Å². The molecule has 0 aliphatic heterocycles. The summed E-state index contributed by atoms with van der Waals surface area (Å²) < 4.78 is 38.7. The highest BCUT2D eigenvalue weighted by atomic mass is 16.6. The Hall–Kier alpha value is -5.41. The SMILES string of the molecule is CC(C)(C)OC(=O)NCCCNC(=O)CCOCC(COCCC(=O)NCCCNC(=O)OC(C)(C)C)(COCCC(=O)NCNC(=O)OC(C)(C)C)NC(=O)OCc1ccccc1. The molecule has 364 valence electrons. The maximum atomic E-state index is 13.3. The van der Waals surface area contributed by atoms with E-state index < -0.39 is 52.6 Å². The van der Waals surface area contributed by atoms with Gasteiger partial charge < -0.3 is 70.4 Å². The predicted octanol–water partition coefficient (Wildman–Crippen LogP) is 3.53. The smallest absolute Gasteiger partial charge is 0.409 e. The van der Waals surface area contributed by atoms with Crippen molar-refractivity contribution in [2.24, 2.45) is 0 Å². The van der Waals surface area contributed by atoms with Crippen LogP contribution in [0.5, 0.6) is 0 Å². The van der Waals surface area contributed by atoms with E-state index in [-0.39, 0.29) is 97.1 Å². The second-order valence-electron chi connectivity index (χ2n) is 17.6. The lowest BCUT2D eigenvalue weighted by Crippen LogP contribution is -2.59. The van der Waals surface area contributed by atoms with Gasteiger partial charge in [0, 0.05) is 39.0 Å². The van der Waals surface area contributed by atoms with Gasteiger partial charge in [-0.2, -0.15) is 0 Å². The highest BCUT2D eigenvalue weighted by molar-refractivity contribution is 5.77. The van der Waals surface area contributed by atoms with E-state index in [2.05, 4.69) is 37.2 Å². The number of nitrogens with one attached hydrogen (secondary N) is 7. The summed E-state index contributed by atoms with van der Waals surface area (Å²) in [6, 6.07) is 9.00. The normalized spacial score (nSPS) is 11.6. The summed E-state index contributed by atoms with van der Waals surface area (Å²) in [5, 5.41) is 18.5. The van der Waals surface area contributed by atoms with Gasteiger partial charge in [0.05, 0.1) is 52.7 Å². The second-order valence-corrected chi connectivity index (χ2v) is 17.6. The summed E-state index contributed by atoms with van der Waals surface area (Å²) in [5.74, 6) is -1.07. The molecule has 0 fully saturated rings. The number of benzene rings is 1. The summed E-state index contributed by atoms with van der Waals surface area (Å²) in [7, 11) is 0. The van der Waals surface area contributed by atoms with Crippen LogP contribution in [0, 0.1) is 0 Å². The quantitative estimate of drug-likeness (QED) is 0.0360. The van der Waals surface area contributed by atoms with Crippen LogP contribution in [0.3, 0.4) is 0 Å². The third-order valence-corrected chi connectivity index (χ3v) is 7.74. The van der Waals surface area contributed by atoms with Gasteiger partial charge in [-0.25, -0.2) is 19.2 Å².